The summed E-state index contributed by atoms with van der Waals surface area (Å²) in [6, 6.07) is 17.2. The van der Waals surface area contributed by atoms with Gasteiger partial charge in [0.15, 0.2) is 5.75 Å². The molecule has 1 aliphatic rings. The number of rotatable bonds is 6. The lowest BCUT2D eigenvalue weighted by atomic mass is 10.1. The molecule has 0 aliphatic carbocycles. The Balaban J connectivity index is 1.35. The van der Waals surface area contributed by atoms with E-state index in [-0.39, 0.29) is 5.91 Å². The standard InChI is InChI=1S/C26H23ClN6O2/c1-2-25(34)33-12-10-32(11-13-33)18-8-9-22-20(14-18)26(30-17-29-22)31-24-15-21(27)23(16-28-24)35-19-6-4-3-5-7-19/h2-9,14-17H,1,10-13H2,(H,28,29,30,31). The summed E-state index contributed by atoms with van der Waals surface area (Å²) in [4.78, 5) is 29.2. The summed E-state index contributed by atoms with van der Waals surface area (Å²) < 4.78 is 5.81. The number of hydrogen-bond acceptors (Lipinski definition) is 7. The Morgan fingerprint density at radius 1 is 1.03 bits per heavy atom. The van der Waals surface area contributed by atoms with Crippen molar-refractivity contribution < 1.29 is 9.53 Å². The van der Waals surface area contributed by atoms with E-state index in [0.717, 1.165) is 29.7 Å². The Labute approximate surface area is 207 Å². The molecular formula is C26H23ClN6O2. The second kappa shape index (κ2) is 9.99. The number of ether oxygens (including phenoxy) is 1. The fourth-order valence-electron chi connectivity index (χ4n) is 3.95. The van der Waals surface area contributed by atoms with Crippen LogP contribution in [0.15, 0.2) is 79.8 Å². The molecule has 35 heavy (non-hydrogen) atoms. The number of pyridine rings is 1. The summed E-state index contributed by atoms with van der Waals surface area (Å²) >= 11 is 6.46. The molecule has 0 atom stereocenters. The topological polar surface area (TPSA) is 83.5 Å². The van der Waals surface area contributed by atoms with Crippen molar-refractivity contribution in [2.24, 2.45) is 0 Å². The first kappa shape index (κ1) is 22.6. The van der Waals surface area contributed by atoms with Gasteiger partial charge < -0.3 is 19.9 Å². The lowest BCUT2D eigenvalue weighted by Crippen LogP contribution is -2.48. The molecule has 2 aromatic heterocycles. The van der Waals surface area contributed by atoms with Crippen LogP contribution in [0.3, 0.4) is 0 Å². The van der Waals surface area contributed by atoms with Crippen molar-refractivity contribution >= 4 is 45.7 Å². The van der Waals surface area contributed by atoms with Crippen LogP contribution in [0, 0.1) is 0 Å². The van der Waals surface area contributed by atoms with Gasteiger partial charge in [0.05, 0.1) is 16.7 Å². The quantitative estimate of drug-likeness (QED) is 0.382. The van der Waals surface area contributed by atoms with Gasteiger partial charge in [-0.1, -0.05) is 36.4 Å². The fraction of sp³-hybridized carbons (Fsp3) is 0.154. The molecule has 9 heteroatoms. The Bertz CT molecular complexity index is 1370. The molecule has 1 aliphatic heterocycles. The summed E-state index contributed by atoms with van der Waals surface area (Å²) in [7, 11) is 0. The van der Waals surface area contributed by atoms with Crippen LogP contribution in [-0.4, -0.2) is 51.9 Å². The maximum atomic E-state index is 11.9. The van der Waals surface area contributed by atoms with Crippen molar-refractivity contribution in [3.8, 4) is 11.5 Å². The molecular weight excluding hydrogens is 464 g/mol. The van der Waals surface area contributed by atoms with E-state index in [2.05, 4.69) is 37.8 Å². The van der Waals surface area contributed by atoms with Gasteiger partial charge >= 0.3 is 0 Å². The van der Waals surface area contributed by atoms with E-state index in [9.17, 15) is 4.79 Å². The maximum Gasteiger partial charge on any atom is 0.246 e. The number of hydrogen-bond donors (Lipinski definition) is 1. The van der Waals surface area contributed by atoms with Gasteiger partial charge in [0, 0.05) is 43.3 Å². The lowest BCUT2D eigenvalue weighted by molar-refractivity contribution is -0.126. The third-order valence-corrected chi connectivity index (χ3v) is 6.08. The van der Waals surface area contributed by atoms with E-state index in [1.165, 1.54) is 12.4 Å². The largest absolute Gasteiger partial charge is 0.454 e. The minimum absolute atomic E-state index is 0.0330. The fourth-order valence-corrected chi connectivity index (χ4v) is 4.14. The molecule has 8 nitrogen and oxygen atoms in total. The minimum Gasteiger partial charge on any atom is -0.454 e. The third kappa shape index (κ3) is 5.02. The van der Waals surface area contributed by atoms with Crippen LogP contribution < -0.4 is 15.0 Å². The van der Waals surface area contributed by atoms with Gasteiger partial charge in [-0.05, 0) is 36.4 Å². The average molecular weight is 487 g/mol. The van der Waals surface area contributed by atoms with Gasteiger partial charge in [0.1, 0.15) is 23.7 Å². The van der Waals surface area contributed by atoms with Crippen molar-refractivity contribution in [1.29, 1.82) is 0 Å². The molecule has 1 N–H and O–H groups in total. The van der Waals surface area contributed by atoms with Crippen LogP contribution in [-0.2, 0) is 4.79 Å². The van der Waals surface area contributed by atoms with Crippen molar-refractivity contribution in [1.82, 2.24) is 19.9 Å². The predicted molar refractivity (Wildman–Crippen MR) is 138 cm³/mol. The predicted octanol–water partition coefficient (Wildman–Crippen LogP) is 5.05. The van der Waals surface area contributed by atoms with Crippen LogP contribution in [0.25, 0.3) is 10.9 Å². The zero-order valence-electron chi connectivity index (χ0n) is 18.9. The number of amides is 1. The molecule has 0 bridgehead atoms. The van der Waals surface area contributed by atoms with E-state index in [4.69, 9.17) is 16.3 Å². The number of halogens is 1. The molecule has 2 aromatic carbocycles. The number of nitrogens with zero attached hydrogens (tertiary/aromatic N) is 5. The molecule has 176 valence electrons. The molecule has 1 amide bonds. The maximum absolute atomic E-state index is 11.9. The molecule has 3 heterocycles. The van der Waals surface area contributed by atoms with Gasteiger partial charge in [-0.25, -0.2) is 15.0 Å². The van der Waals surface area contributed by atoms with Crippen molar-refractivity contribution in [3.63, 3.8) is 0 Å². The highest BCUT2D eigenvalue weighted by atomic mass is 35.5. The Morgan fingerprint density at radius 2 is 1.83 bits per heavy atom. The van der Waals surface area contributed by atoms with E-state index in [1.54, 1.807) is 17.2 Å². The second-order valence-electron chi connectivity index (χ2n) is 7.98. The number of anilines is 3. The molecule has 5 rings (SSSR count). The highest BCUT2D eigenvalue weighted by Gasteiger charge is 2.20. The number of aromatic nitrogens is 3. The Hall–Kier alpha value is -4.17. The van der Waals surface area contributed by atoms with Gasteiger partial charge in [0.25, 0.3) is 0 Å². The molecule has 0 radical (unpaired) electrons. The Morgan fingerprint density at radius 3 is 2.57 bits per heavy atom. The SMILES string of the molecule is C=CC(=O)N1CCN(c2ccc3ncnc(Nc4cc(Cl)c(Oc5ccccc5)cn4)c3c2)CC1. The van der Waals surface area contributed by atoms with Gasteiger partial charge in [-0.2, -0.15) is 0 Å². The zero-order valence-corrected chi connectivity index (χ0v) is 19.7. The summed E-state index contributed by atoms with van der Waals surface area (Å²) in [6.45, 7) is 6.35. The number of para-hydroxylation sites is 1. The number of carbonyl (C=O) groups is 1. The molecule has 4 aromatic rings. The van der Waals surface area contributed by atoms with Gasteiger partial charge in [0.2, 0.25) is 5.91 Å². The van der Waals surface area contributed by atoms with Crippen molar-refractivity contribution in [2.75, 3.05) is 36.4 Å². The van der Waals surface area contributed by atoms with E-state index in [0.29, 0.717) is 41.2 Å². The number of benzene rings is 2. The summed E-state index contributed by atoms with van der Waals surface area (Å²) in [5, 5.41) is 4.54. The van der Waals surface area contributed by atoms with E-state index >= 15 is 0 Å². The van der Waals surface area contributed by atoms with Crippen molar-refractivity contribution in [2.45, 2.75) is 0 Å². The van der Waals surface area contributed by atoms with Crippen molar-refractivity contribution in [3.05, 3.63) is 84.8 Å². The van der Waals surface area contributed by atoms with Crippen LogP contribution >= 0.6 is 11.6 Å². The lowest BCUT2D eigenvalue weighted by Gasteiger charge is -2.35. The van der Waals surface area contributed by atoms with Crippen LogP contribution in [0.1, 0.15) is 0 Å². The number of carbonyl (C=O) groups excluding carboxylic acids is 1. The average Bonchev–Trinajstić information content (AvgIpc) is 2.90. The molecule has 0 unspecified atom stereocenters. The van der Waals surface area contributed by atoms with Gasteiger partial charge in [-0.15, -0.1) is 0 Å². The van der Waals surface area contributed by atoms with E-state index in [1.807, 2.05) is 42.5 Å². The highest BCUT2D eigenvalue weighted by molar-refractivity contribution is 6.32. The summed E-state index contributed by atoms with van der Waals surface area (Å²) in [5.41, 5.74) is 1.85. The Kier molecular flexibility index (Phi) is 6.45. The van der Waals surface area contributed by atoms with Gasteiger partial charge in [-0.3, -0.25) is 4.79 Å². The van der Waals surface area contributed by atoms with E-state index < -0.39 is 0 Å². The zero-order chi connectivity index (χ0) is 24.2. The van der Waals surface area contributed by atoms with Crippen LogP contribution in [0.5, 0.6) is 11.5 Å². The second-order valence-corrected chi connectivity index (χ2v) is 8.39. The summed E-state index contributed by atoms with van der Waals surface area (Å²) in [5.74, 6) is 2.28. The number of piperazine rings is 1. The normalized spacial score (nSPS) is 13.5. The van der Waals surface area contributed by atoms with Crippen LogP contribution in [0.2, 0.25) is 5.02 Å². The first-order valence-corrected chi connectivity index (χ1v) is 11.5. The number of nitrogens with one attached hydrogen (secondary N) is 1. The smallest absolute Gasteiger partial charge is 0.246 e. The minimum atomic E-state index is -0.0330. The molecule has 0 saturated carbocycles. The molecule has 0 spiro atoms. The number of fused-ring (bicyclic) bond motifs is 1. The monoisotopic (exact) mass is 486 g/mol. The molecule has 1 saturated heterocycles. The first-order chi connectivity index (χ1) is 17.1. The molecule has 1 fully saturated rings. The highest BCUT2D eigenvalue weighted by Crippen LogP contribution is 2.32. The third-order valence-electron chi connectivity index (χ3n) is 5.79. The summed E-state index contributed by atoms with van der Waals surface area (Å²) in [6.07, 6.45) is 4.45. The first-order valence-electron chi connectivity index (χ1n) is 11.2. The van der Waals surface area contributed by atoms with Crippen LogP contribution in [0.4, 0.5) is 17.3 Å².